The van der Waals surface area contributed by atoms with Crippen LogP contribution in [0.3, 0.4) is 0 Å². The van der Waals surface area contributed by atoms with E-state index in [1.54, 1.807) is 18.2 Å². The minimum Gasteiger partial charge on any atom is -0.350 e. The number of carbonyl (C=O) groups is 2. The lowest BCUT2D eigenvalue weighted by molar-refractivity contribution is 0.0955. The Morgan fingerprint density at radius 3 is 2.58 bits per heavy atom. The number of benzene rings is 1. The molecule has 0 aliphatic heterocycles. The van der Waals surface area contributed by atoms with E-state index >= 15 is 0 Å². The maximum absolute atomic E-state index is 12.6. The van der Waals surface area contributed by atoms with E-state index in [1.165, 1.54) is 11.3 Å². The van der Waals surface area contributed by atoms with Crippen LogP contribution in [0.25, 0.3) is 5.69 Å². The van der Waals surface area contributed by atoms with Crippen molar-refractivity contribution in [2.45, 2.75) is 6.92 Å². The van der Waals surface area contributed by atoms with Gasteiger partial charge in [0, 0.05) is 12.4 Å². The Hall–Kier alpha value is -3.06. The standard InChI is InChI=1S/C17H16N4O2S/c1-12-5-4-6-13(11-12)21(17(18)23)19-16(22)15-14(7-10-24-15)20-8-2-3-9-20/h2-11H,1H3,(H2,18,23)(H,19,22). The first kappa shape index (κ1) is 15.8. The van der Waals surface area contributed by atoms with Gasteiger partial charge in [-0.05, 0) is 48.2 Å². The SMILES string of the molecule is Cc1cccc(N(NC(=O)c2sccc2-n2cccc2)C(N)=O)c1. The average molecular weight is 340 g/mol. The van der Waals surface area contributed by atoms with E-state index < -0.39 is 11.9 Å². The number of anilines is 1. The topological polar surface area (TPSA) is 80.4 Å². The summed E-state index contributed by atoms with van der Waals surface area (Å²) in [5.74, 6) is -0.394. The summed E-state index contributed by atoms with van der Waals surface area (Å²) in [4.78, 5) is 24.9. The summed E-state index contributed by atoms with van der Waals surface area (Å²) in [5.41, 5.74) is 10.2. The lowest BCUT2D eigenvalue weighted by Gasteiger charge is -2.21. The third-order valence-corrected chi connectivity index (χ3v) is 4.33. The van der Waals surface area contributed by atoms with Gasteiger partial charge in [-0.1, -0.05) is 12.1 Å². The van der Waals surface area contributed by atoms with E-state index in [0.717, 1.165) is 16.3 Å². The number of urea groups is 1. The number of rotatable bonds is 3. The third kappa shape index (κ3) is 3.16. The Morgan fingerprint density at radius 2 is 1.92 bits per heavy atom. The normalized spacial score (nSPS) is 10.4. The van der Waals surface area contributed by atoms with Crippen LogP contribution in [0.1, 0.15) is 15.2 Å². The van der Waals surface area contributed by atoms with E-state index in [4.69, 9.17) is 5.73 Å². The van der Waals surface area contributed by atoms with Gasteiger partial charge in [-0.2, -0.15) is 0 Å². The van der Waals surface area contributed by atoms with Crippen LogP contribution in [0.2, 0.25) is 0 Å². The molecule has 24 heavy (non-hydrogen) atoms. The molecule has 0 saturated heterocycles. The molecule has 0 bridgehead atoms. The van der Waals surface area contributed by atoms with Crippen molar-refractivity contribution in [1.29, 1.82) is 0 Å². The van der Waals surface area contributed by atoms with Crippen molar-refractivity contribution >= 4 is 29.0 Å². The molecule has 3 N–H and O–H groups in total. The lowest BCUT2D eigenvalue weighted by atomic mass is 10.2. The first-order valence-corrected chi connectivity index (χ1v) is 8.12. The molecule has 1 aromatic carbocycles. The van der Waals surface area contributed by atoms with Gasteiger partial charge in [0.25, 0.3) is 5.91 Å². The molecular formula is C17H16N4O2S. The number of hydrazine groups is 1. The predicted octanol–water partition coefficient (Wildman–Crippen LogP) is 3.08. The Bertz CT molecular complexity index is 870. The van der Waals surface area contributed by atoms with Crippen LogP contribution in [0.15, 0.2) is 60.2 Å². The zero-order valence-corrected chi connectivity index (χ0v) is 13.8. The summed E-state index contributed by atoms with van der Waals surface area (Å²) in [6, 6.07) is 12.0. The van der Waals surface area contributed by atoms with E-state index in [9.17, 15) is 9.59 Å². The molecule has 6 nitrogen and oxygen atoms in total. The number of aryl methyl sites for hydroxylation is 1. The molecule has 0 atom stereocenters. The van der Waals surface area contributed by atoms with Crippen LogP contribution in [-0.2, 0) is 0 Å². The highest BCUT2D eigenvalue weighted by Gasteiger charge is 2.20. The second kappa shape index (κ2) is 6.59. The van der Waals surface area contributed by atoms with Crippen molar-refractivity contribution in [3.63, 3.8) is 0 Å². The van der Waals surface area contributed by atoms with Gasteiger partial charge in [-0.25, -0.2) is 9.80 Å². The summed E-state index contributed by atoms with van der Waals surface area (Å²) in [7, 11) is 0. The van der Waals surface area contributed by atoms with Gasteiger partial charge >= 0.3 is 6.03 Å². The summed E-state index contributed by atoms with van der Waals surface area (Å²) in [6.45, 7) is 1.90. The van der Waals surface area contributed by atoms with Gasteiger partial charge in [-0.3, -0.25) is 10.2 Å². The number of hydrogen-bond acceptors (Lipinski definition) is 3. The van der Waals surface area contributed by atoms with Crippen molar-refractivity contribution in [1.82, 2.24) is 9.99 Å². The number of thiophene rings is 1. The number of nitrogens with two attached hydrogens (primary N) is 1. The van der Waals surface area contributed by atoms with Crippen molar-refractivity contribution in [2.75, 3.05) is 5.01 Å². The third-order valence-electron chi connectivity index (χ3n) is 3.43. The van der Waals surface area contributed by atoms with E-state index in [1.807, 2.05) is 53.5 Å². The molecule has 0 saturated carbocycles. The summed E-state index contributed by atoms with van der Waals surface area (Å²) < 4.78 is 1.84. The van der Waals surface area contributed by atoms with E-state index in [0.29, 0.717) is 10.6 Å². The number of nitrogens with zero attached hydrogens (tertiary/aromatic N) is 2. The molecule has 0 aliphatic carbocycles. The van der Waals surface area contributed by atoms with Crippen molar-refractivity contribution in [3.8, 4) is 5.69 Å². The van der Waals surface area contributed by atoms with Gasteiger partial charge in [-0.15, -0.1) is 11.3 Å². The van der Waals surface area contributed by atoms with Crippen LogP contribution in [-0.4, -0.2) is 16.5 Å². The molecule has 2 heterocycles. The maximum atomic E-state index is 12.6. The number of aromatic nitrogens is 1. The van der Waals surface area contributed by atoms with Gasteiger partial charge in [0.15, 0.2) is 0 Å². The fourth-order valence-corrected chi connectivity index (χ4v) is 3.12. The molecule has 122 valence electrons. The summed E-state index contributed by atoms with van der Waals surface area (Å²) in [6.07, 6.45) is 3.70. The Morgan fingerprint density at radius 1 is 1.17 bits per heavy atom. The molecule has 0 fully saturated rings. The quantitative estimate of drug-likeness (QED) is 0.719. The number of hydrogen-bond donors (Lipinski definition) is 2. The number of nitrogens with one attached hydrogen (secondary N) is 1. The zero-order valence-electron chi connectivity index (χ0n) is 13.0. The first-order chi connectivity index (χ1) is 11.6. The smallest absolute Gasteiger partial charge is 0.338 e. The van der Waals surface area contributed by atoms with Crippen LogP contribution in [0, 0.1) is 6.92 Å². The minimum absolute atomic E-state index is 0.394. The molecule has 7 heteroatoms. The molecule has 3 amide bonds. The molecule has 3 rings (SSSR count). The summed E-state index contributed by atoms with van der Waals surface area (Å²) >= 11 is 1.30. The van der Waals surface area contributed by atoms with Gasteiger partial charge in [0.2, 0.25) is 0 Å². The van der Waals surface area contributed by atoms with Gasteiger partial charge in [0.05, 0.1) is 11.4 Å². The van der Waals surface area contributed by atoms with Crippen LogP contribution in [0.4, 0.5) is 10.5 Å². The average Bonchev–Trinajstić information content (AvgIpc) is 3.22. The minimum atomic E-state index is -0.756. The second-order valence-corrected chi connectivity index (χ2v) is 6.09. The number of amides is 3. The van der Waals surface area contributed by atoms with Crippen molar-refractivity contribution in [3.05, 3.63) is 70.7 Å². The van der Waals surface area contributed by atoms with Gasteiger partial charge in [0.1, 0.15) is 4.88 Å². The molecule has 0 aliphatic rings. The van der Waals surface area contributed by atoms with Crippen LogP contribution in [0.5, 0.6) is 0 Å². The molecule has 3 aromatic rings. The maximum Gasteiger partial charge on any atom is 0.338 e. The number of carbonyl (C=O) groups excluding carboxylic acids is 2. The van der Waals surface area contributed by atoms with Gasteiger partial charge < -0.3 is 10.3 Å². The fourth-order valence-electron chi connectivity index (χ4n) is 2.34. The molecular weight excluding hydrogens is 324 g/mol. The highest BCUT2D eigenvalue weighted by atomic mass is 32.1. The van der Waals surface area contributed by atoms with Crippen molar-refractivity contribution in [2.24, 2.45) is 5.73 Å². The predicted molar refractivity (Wildman–Crippen MR) is 94.4 cm³/mol. The van der Waals surface area contributed by atoms with Crippen molar-refractivity contribution < 1.29 is 9.59 Å². The van der Waals surface area contributed by atoms with Crippen LogP contribution < -0.4 is 16.2 Å². The van der Waals surface area contributed by atoms with Crippen LogP contribution >= 0.6 is 11.3 Å². The highest BCUT2D eigenvalue weighted by Crippen LogP contribution is 2.22. The monoisotopic (exact) mass is 340 g/mol. The summed E-state index contributed by atoms with van der Waals surface area (Å²) in [5, 5.41) is 2.88. The Kier molecular flexibility index (Phi) is 4.35. The zero-order chi connectivity index (χ0) is 17.1. The lowest BCUT2D eigenvalue weighted by Crippen LogP contribution is -2.49. The Balaban J connectivity index is 1.88. The van der Waals surface area contributed by atoms with E-state index in [-0.39, 0.29) is 0 Å². The fraction of sp³-hybridized carbons (Fsp3) is 0.0588. The molecule has 0 radical (unpaired) electrons. The van der Waals surface area contributed by atoms with E-state index in [2.05, 4.69) is 5.43 Å². The molecule has 0 spiro atoms. The molecule has 0 unspecified atom stereocenters. The second-order valence-electron chi connectivity index (χ2n) is 5.18. The first-order valence-electron chi connectivity index (χ1n) is 7.24. The largest absolute Gasteiger partial charge is 0.350 e. The molecule has 2 aromatic heterocycles. The Labute approximate surface area is 143 Å². The number of primary amides is 1. The highest BCUT2D eigenvalue weighted by molar-refractivity contribution is 7.12.